The standard InChI is InChI=1S/C29H39O.C21H23.C2H7Si.2ClH.Zr/c1-18-12-19-16-24(29(8,9)10)26(30-11)25(23(19)13-18)20-14-21(27(2,3)4)17-22(15-20)28(5,6)7;1-14-10-17-11-15(2)13-20(17)19(12-14)16-6-8-18(9-7-16)21(3,4)5;1-3-2;;;/h12-17H,1-11H3;6-13H,1-5H3;3H,1-2H3;2*1H;/q;;;;;+2/p-2. The van der Waals surface area contributed by atoms with E-state index in [9.17, 15) is 0 Å². The number of rotatable bonds is 6. The molecule has 57 heavy (non-hydrogen) atoms. The molecule has 0 N–H and O–H groups in total. The summed E-state index contributed by atoms with van der Waals surface area (Å²) in [5, 5.41) is 0. The topological polar surface area (TPSA) is 9.23 Å². The fourth-order valence-electron chi connectivity index (χ4n) is 9.81. The van der Waals surface area contributed by atoms with Crippen molar-refractivity contribution in [1.82, 2.24) is 0 Å². The quantitative estimate of drug-likeness (QED) is 0.175. The van der Waals surface area contributed by atoms with Gasteiger partial charge in [-0.1, -0.05) is 0 Å². The third-order valence-electron chi connectivity index (χ3n) is 13.2. The molecular weight excluding hydrogens is 831 g/mol. The number of methoxy groups -OCH3 is 1. The monoisotopic (exact) mass is 897 g/mol. The van der Waals surface area contributed by atoms with E-state index in [-0.39, 0.29) is 28.9 Å². The van der Waals surface area contributed by atoms with Gasteiger partial charge in [0, 0.05) is 0 Å². The fraction of sp³-hybridized carbons (Fsp3) is 0.462. The van der Waals surface area contributed by atoms with Gasteiger partial charge < -0.3 is 0 Å². The number of hydrogen-bond acceptors (Lipinski definition) is 1. The van der Waals surface area contributed by atoms with Gasteiger partial charge in [-0.3, -0.25) is 0 Å². The average molecular weight is 900 g/mol. The molecule has 0 fully saturated rings. The fourth-order valence-corrected chi connectivity index (χ4v) is 42.7. The number of hydrogen-bond donors (Lipinski definition) is 0. The minimum absolute atomic E-state index is 0.0172. The van der Waals surface area contributed by atoms with Gasteiger partial charge in [0.05, 0.1) is 0 Å². The van der Waals surface area contributed by atoms with Gasteiger partial charge in [-0.25, -0.2) is 0 Å². The molecule has 0 spiro atoms. The summed E-state index contributed by atoms with van der Waals surface area (Å²) in [5.41, 5.74) is 19.0. The summed E-state index contributed by atoms with van der Waals surface area (Å²) in [6, 6.07) is 23.7. The van der Waals surface area contributed by atoms with Crippen molar-refractivity contribution in [3.63, 3.8) is 0 Å². The first-order valence-electron chi connectivity index (χ1n) is 21.1. The van der Waals surface area contributed by atoms with Crippen LogP contribution in [0.15, 0.2) is 71.8 Å². The molecule has 2 aliphatic carbocycles. The van der Waals surface area contributed by atoms with E-state index < -0.39 is 21.5 Å². The maximum absolute atomic E-state index is 8.84. The second-order valence-electron chi connectivity index (χ2n) is 22.1. The summed E-state index contributed by atoms with van der Waals surface area (Å²) in [4.78, 5) is 0. The van der Waals surface area contributed by atoms with Gasteiger partial charge in [-0.05, 0) is 0 Å². The predicted octanol–water partition coefficient (Wildman–Crippen LogP) is 16.1. The van der Waals surface area contributed by atoms with Crippen LogP contribution in [0.3, 0.4) is 0 Å². The first-order chi connectivity index (χ1) is 26.0. The van der Waals surface area contributed by atoms with Crippen LogP contribution in [0.2, 0.25) is 13.1 Å². The number of allylic oxidation sites excluding steroid dienone is 2. The van der Waals surface area contributed by atoms with Crippen molar-refractivity contribution in [2.75, 3.05) is 7.11 Å². The Kier molecular flexibility index (Phi) is 11.3. The van der Waals surface area contributed by atoms with Crippen molar-refractivity contribution >= 4 is 35.1 Å². The molecule has 4 aromatic rings. The molecular formula is C52H69Cl2OSiZr. The van der Waals surface area contributed by atoms with Gasteiger partial charge in [-0.15, -0.1) is 0 Å². The SMILES string of the molecule is COc1c(C(C)(C)C)cc2c(c1-c1cc(C(C)(C)C)cc(C(C)(C)C)c1)C=C(C)[CH]2[Zr]([Cl])([Cl])([CH]1C(C)=Cc2c(-c3ccc(C(C)(C)C)cc3)cc(C)cc21)[SiH](C)C. The molecule has 2 atom stereocenters. The molecule has 0 aromatic heterocycles. The van der Waals surface area contributed by atoms with Crippen molar-refractivity contribution in [3.05, 3.63) is 122 Å². The predicted molar refractivity (Wildman–Crippen MR) is 253 cm³/mol. The molecule has 0 bridgehead atoms. The van der Waals surface area contributed by atoms with Crippen molar-refractivity contribution in [2.24, 2.45) is 0 Å². The van der Waals surface area contributed by atoms with E-state index in [1.807, 2.05) is 7.11 Å². The van der Waals surface area contributed by atoms with Crippen LogP contribution < -0.4 is 4.74 Å². The first-order valence-corrected chi connectivity index (χ1v) is 37.4. The van der Waals surface area contributed by atoms with Gasteiger partial charge in [0.15, 0.2) is 0 Å². The van der Waals surface area contributed by atoms with Gasteiger partial charge in [0.2, 0.25) is 0 Å². The normalized spacial score (nSPS) is 18.2. The molecule has 0 heterocycles. The van der Waals surface area contributed by atoms with E-state index >= 15 is 0 Å². The summed E-state index contributed by atoms with van der Waals surface area (Å²) in [6.07, 6.45) is 4.87. The zero-order chi connectivity index (χ0) is 42.6. The van der Waals surface area contributed by atoms with Crippen LogP contribution in [0.25, 0.3) is 34.4 Å². The molecule has 0 saturated carbocycles. The molecule has 305 valence electrons. The number of benzene rings is 4. The number of fused-ring (bicyclic) bond motifs is 2. The van der Waals surface area contributed by atoms with Crippen molar-refractivity contribution in [3.8, 4) is 28.0 Å². The van der Waals surface area contributed by atoms with Crippen LogP contribution >= 0.6 is 17.0 Å². The van der Waals surface area contributed by atoms with Crippen LogP contribution in [0.4, 0.5) is 0 Å². The Morgan fingerprint density at radius 3 is 1.47 bits per heavy atom. The summed E-state index contributed by atoms with van der Waals surface area (Å²) < 4.78 is 6.53. The van der Waals surface area contributed by atoms with E-state index in [0.29, 0.717) is 0 Å². The first kappa shape index (κ1) is 44.4. The van der Waals surface area contributed by atoms with Crippen molar-refractivity contribution < 1.29 is 20.3 Å². The number of ether oxygens (including phenoxy) is 1. The average Bonchev–Trinajstić information content (AvgIpc) is 3.61. The van der Waals surface area contributed by atoms with Crippen LogP contribution in [-0.4, -0.2) is 13.0 Å². The van der Waals surface area contributed by atoms with E-state index in [0.717, 1.165) is 5.75 Å². The van der Waals surface area contributed by atoms with Gasteiger partial charge in [-0.2, -0.15) is 0 Å². The van der Waals surface area contributed by atoms with Crippen LogP contribution in [0, 0.1) is 6.92 Å². The molecule has 0 aliphatic heterocycles. The van der Waals surface area contributed by atoms with Crippen molar-refractivity contribution in [1.29, 1.82) is 0 Å². The minimum atomic E-state index is -5.02. The van der Waals surface area contributed by atoms with E-state index in [4.69, 9.17) is 21.8 Å². The molecule has 0 saturated heterocycles. The summed E-state index contributed by atoms with van der Waals surface area (Å²) in [7, 11) is 19.5. The molecule has 2 unspecified atom stereocenters. The zero-order valence-corrected chi connectivity index (χ0v) is 43.4. The Balaban J connectivity index is 1.66. The van der Waals surface area contributed by atoms with E-state index in [2.05, 4.69) is 190 Å². The summed E-state index contributed by atoms with van der Waals surface area (Å²) in [6.45, 7) is 39.4. The second kappa shape index (κ2) is 14.5. The third-order valence-corrected chi connectivity index (χ3v) is 65.5. The second-order valence-corrected chi connectivity index (χ2v) is 64.6. The number of halogens is 2. The summed E-state index contributed by atoms with van der Waals surface area (Å²) in [5.74, 6) is -0.792. The molecule has 5 heteroatoms. The van der Waals surface area contributed by atoms with Gasteiger partial charge >= 0.3 is 358 Å². The molecule has 4 aromatic carbocycles. The zero-order valence-electron chi connectivity index (χ0n) is 38.3. The van der Waals surface area contributed by atoms with Crippen LogP contribution in [0.5, 0.6) is 5.75 Å². The molecule has 0 radical (unpaired) electrons. The van der Waals surface area contributed by atoms with Crippen LogP contribution in [0.1, 0.15) is 154 Å². The maximum atomic E-state index is 8.84. The Bertz CT molecular complexity index is 2280. The molecule has 6 rings (SSSR count). The molecule has 1 nitrogen and oxygen atoms in total. The third kappa shape index (κ3) is 7.62. The van der Waals surface area contributed by atoms with Gasteiger partial charge in [0.25, 0.3) is 0 Å². The van der Waals surface area contributed by atoms with E-state index in [1.54, 1.807) is 0 Å². The van der Waals surface area contributed by atoms with Crippen molar-refractivity contribution in [2.45, 2.75) is 146 Å². The number of aryl methyl sites for hydroxylation is 1. The molecule has 2 aliphatic rings. The Labute approximate surface area is 355 Å². The Morgan fingerprint density at radius 2 is 1.04 bits per heavy atom. The van der Waals surface area contributed by atoms with Gasteiger partial charge in [0.1, 0.15) is 0 Å². The Morgan fingerprint density at radius 1 is 0.561 bits per heavy atom. The Hall–Kier alpha value is -2.16. The molecule has 0 amide bonds. The summed E-state index contributed by atoms with van der Waals surface area (Å²) >= 11 is -5.02. The van der Waals surface area contributed by atoms with Crippen LogP contribution in [-0.2, 0) is 37.2 Å². The van der Waals surface area contributed by atoms with E-state index in [1.165, 1.54) is 83.5 Å².